The fourth-order valence-corrected chi connectivity index (χ4v) is 1.03. The van der Waals surface area contributed by atoms with Crippen LogP contribution < -0.4 is 4.74 Å². The topological polar surface area (TPSA) is 48.2 Å². The summed E-state index contributed by atoms with van der Waals surface area (Å²) < 4.78 is 9.76. The van der Waals surface area contributed by atoms with Crippen LogP contribution >= 0.6 is 0 Å². The van der Waals surface area contributed by atoms with Gasteiger partial charge in [0.2, 0.25) is 0 Å². The van der Waals surface area contributed by atoms with Crippen molar-refractivity contribution < 1.29 is 9.26 Å². The van der Waals surface area contributed by atoms with E-state index in [4.69, 9.17) is 9.26 Å². The van der Waals surface area contributed by atoms with E-state index < -0.39 is 0 Å². The standard InChI is InChI=1S/C9H8N2O2/c1-12-8-4-7(5-10-6-8)9-2-3-13-11-9/h2-6H,1H3. The Labute approximate surface area is 75.2 Å². The highest BCUT2D eigenvalue weighted by Crippen LogP contribution is 2.20. The van der Waals surface area contributed by atoms with Gasteiger partial charge in [-0.1, -0.05) is 5.16 Å². The zero-order valence-electron chi connectivity index (χ0n) is 7.10. The first-order chi connectivity index (χ1) is 6.40. The second-order valence-electron chi connectivity index (χ2n) is 2.50. The van der Waals surface area contributed by atoms with Crippen LogP contribution in [0.15, 0.2) is 35.3 Å². The van der Waals surface area contributed by atoms with Crippen molar-refractivity contribution in [3.63, 3.8) is 0 Å². The van der Waals surface area contributed by atoms with Crippen LogP contribution in [0.5, 0.6) is 5.75 Å². The Kier molecular flexibility index (Phi) is 1.96. The summed E-state index contributed by atoms with van der Waals surface area (Å²) in [6.45, 7) is 0. The van der Waals surface area contributed by atoms with Gasteiger partial charge in [-0.05, 0) is 6.07 Å². The third kappa shape index (κ3) is 1.51. The molecule has 0 bridgehead atoms. The minimum Gasteiger partial charge on any atom is -0.495 e. The summed E-state index contributed by atoms with van der Waals surface area (Å²) in [5.74, 6) is 0.709. The molecule has 0 radical (unpaired) electrons. The van der Waals surface area contributed by atoms with Crippen molar-refractivity contribution in [2.24, 2.45) is 0 Å². The largest absolute Gasteiger partial charge is 0.495 e. The normalized spacial score (nSPS) is 9.92. The van der Waals surface area contributed by atoms with Crippen LogP contribution in [-0.2, 0) is 0 Å². The minimum absolute atomic E-state index is 0.709. The Balaban J connectivity index is 2.41. The van der Waals surface area contributed by atoms with Crippen molar-refractivity contribution in [2.45, 2.75) is 0 Å². The third-order valence-corrected chi connectivity index (χ3v) is 1.68. The van der Waals surface area contributed by atoms with E-state index in [0.717, 1.165) is 11.3 Å². The summed E-state index contributed by atoms with van der Waals surface area (Å²) >= 11 is 0. The molecule has 0 spiro atoms. The molecule has 0 saturated heterocycles. The van der Waals surface area contributed by atoms with Crippen molar-refractivity contribution in [3.05, 3.63) is 30.8 Å². The average Bonchev–Trinajstić information content (AvgIpc) is 2.71. The first-order valence-corrected chi connectivity index (χ1v) is 3.80. The van der Waals surface area contributed by atoms with Gasteiger partial charge < -0.3 is 9.26 Å². The summed E-state index contributed by atoms with van der Waals surface area (Å²) in [6, 6.07) is 3.63. The van der Waals surface area contributed by atoms with Crippen molar-refractivity contribution in [1.82, 2.24) is 10.1 Å². The van der Waals surface area contributed by atoms with E-state index in [1.54, 1.807) is 25.6 Å². The van der Waals surface area contributed by atoms with Crippen LogP contribution in [-0.4, -0.2) is 17.3 Å². The zero-order chi connectivity index (χ0) is 9.10. The Morgan fingerprint density at radius 3 is 3.00 bits per heavy atom. The van der Waals surface area contributed by atoms with E-state index in [9.17, 15) is 0 Å². The molecule has 2 aromatic heterocycles. The number of methoxy groups -OCH3 is 1. The first-order valence-electron chi connectivity index (χ1n) is 3.80. The molecule has 0 amide bonds. The molecular weight excluding hydrogens is 168 g/mol. The van der Waals surface area contributed by atoms with E-state index in [1.165, 1.54) is 6.26 Å². The Morgan fingerprint density at radius 2 is 2.31 bits per heavy atom. The second-order valence-corrected chi connectivity index (χ2v) is 2.50. The van der Waals surface area contributed by atoms with Crippen molar-refractivity contribution in [3.8, 4) is 17.0 Å². The molecule has 2 aromatic rings. The lowest BCUT2D eigenvalue weighted by molar-refractivity contribution is 0.412. The minimum atomic E-state index is 0.709. The Bertz CT molecular complexity index is 384. The van der Waals surface area contributed by atoms with E-state index in [1.807, 2.05) is 6.07 Å². The van der Waals surface area contributed by atoms with Crippen molar-refractivity contribution in [1.29, 1.82) is 0 Å². The van der Waals surface area contributed by atoms with Gasteiger partial charge in [0.05, 0.1) is 13.3 Å². The lowest BCUT2D eigenvalue weighted by atomic mass is 10.2. The first kappa shape index (κ1) is 7.79. The van der Waals surface area contributed by atoms with Crippen molar-refractivity contribution >= 4 is 0 Å². The van der Waals surface area contributed by atoms with Crippen LogP contribution in [0.2, 0.25) is 0 Å². The Hall–Kier alpha value is -1.84. The van der Waals surface area contributed by atoms with Gasteiger partial charge in [0.25, 0.3) is 0 Å². The lowest BCUT2D eigenvalue weighted by Crippen LogP contribution is -1.85. The molecule has 0 N–H and O–H groups in total. The number of ether oxygens (including phenoxy) is 1. The number of pyridine rings is 1. The molecule has 13 heavy (non-hydrogen) atoms. The fraction of sp³-hybridized carbons (Fsp3) is 0.111. The third-order valence-electron chi connectivity index (χ3n) is 1.68. The summed E-state index contributed by atoms with van der Waals surface area (Å²) in [4.78, 5) is 4.00. The molecule has 0 aliphatic heterocycles. The van der Waals surface area contributed by atoms with E-state index in [2.05, 4.69) is 10.1 Å². The molecular formula is C9H8N2O2. The van der Waals surface area contributed by atoms with E-state index >= 15 is 0 Å². The SMILES string of the molecule is COc1cncc(-c2ccon2)c1. The van der Waals surface area contributed by atoms with Crippen LogP contribution in [0, 0.1) is 0 Å². The molecule has 0 saturated carbocycles. The number of hydrogen-bond acceptors (Lipinski definition) is 4. The summed E-state index contributed by atoms with van der Waals surface area (Å²) in [5.41, 5.74) is 1.64. The van der Waals surface area contributed by atoms with Crippen molar-refractivity contribution in [2.75, 3.05) is 7.11 Å². The van der Waals surface area contributed by atoms with Gasteiger partial charge in [-0.2, -0.15) is 0 Å². The van der Waals surface area contributed by atoms with Crippen LogP contribution in [0.25, 0.3) is 11.3 Å². The van der Waals surface area contributed by atoms with Gasteiger partial charge in [0.1, 0.15) is 17.7 Å². The summed E-state index contributed by atoms with van der Waals surface area (Å²) in [6.07, 6.45) is 4.87. The molecule has 0 fully saturated rings. The molecule has 2 rings (SSSR count). The van der Waals surface area contributed by atoms with Crippen LogP contribution in [0.3, 0.4) is 0 Å². The van der Waals surface area contributed by atoms with Gasteiger partial charge >= 0.3 is 0 Å². The highest BCUT2D eigenvalue weighted by atomic mass is 16.5. The highest BCUT2D eigenvalue weighted by Gasteiger charge is 2.02. The van der Waals surface area contributed by atoms with E-state index in [-0.39, 0.29) is 0 Å². The Morgan fingerprint density at radius 1 is 1.38 bits per heavy atom. The van der Waals surface area contributed by atoms with E-state index in [0.29, 0.717) is 5.75 Å². The average molecular weight is 176 g/mol. The van der Waals surface area contributed by atoms with Gasteiger partial charge in [-0.15, -0.1) is 0 Å². The van der Waals surface area contributed by atoms with Gasteiger partial charge in [0, 0.05) is 17.8 Å². The van der Waals surface area contributed by atoms with Gasteiger partial charge in [-0.25, -0.2) is 0 Å². The predicted octanol–water partition coefficient (Wildman–Crippen LogP) is 1.75. The van der Waals surface area contributed by atoms with Gasteiger partial charge in [-0.3, -0.25) is 4.98 Å². The number of aromatic nitrogens is 2. The number of hydrogen-bond donors (Lipinski definition) is 0. The lowest BCUT2D eigenvalue weighted by Gasteiger charge is -1.99. The maximum absolute atomic E-state index is 5.03. The molecule has 4 heteroatoms. The number of rotatable bonds is 2. The maximum Gasteiger partial charge on any atom is 0.137 e. The molecule has 0 aliphatic carbocycles. The maximum atomic E-state index is 5.03. The molecule has 4 nitrogen and oxygen atoms in total. The molecule has 2 heterocycles. The molecule has 0 aromatic carbocycles. The predicted molar refractivity (Wildman–Crippen MR) is 46.3 cm³/mol. The monoisotopic (exact) mass is 176 g/mol. The molecule has 0 atom stereocenters. The quantitative estimate of drug-likeness (QED) is 0.699. The second kappa shape index (κ2) is 3.26. The molecule has 0 unspecified atom stereocenters. The highest BCUT2D eigenvalue weighted by molar-refractivity contribution is 5.58. The fourth-order valence-electron chi connectivity index (χ4n) is 1.03. The van der Waals surface area contributed by atoms with Crippen LogP contribution in [0.4, 0.5) is 0 Å². The smallest absolute Gasteiger partial charge is 0.137 e. The zero-order valence-corrected chi connectivity index (χ0v) is 7.10. The summed E-state index contributed by atoms with van der Waals surface area (Å²) in [7, 11) is 1.60. The van der Waals surface area contributed by atoms with Crippen LogP contribution in [0.1, 0.15) is 0 Å². The van der Waals surface area contributed by atoms with Gasteiger partial charge in [0.15, 0.2) is 0 Å². The summed E-state index contributed by atoms with van der Waals surface area (Å²) in [5, 5.41) is 3.79. The molecule has 0 aliphatic rings. The number of nitrogens with zero attached hydrogens (tertiary/aromatic N) is 2. The molecule has 66 valence electrons.